The fraction of sp³-hybridized carbons (Fsp3) is 1.00. The molecule has 2 saturated carbocycles. The molecule has 2 aliphatic rings. The largest absolute Gasteiger partial charge is 0.376 e. The minimum atomic E-state index is 0.416. The topological polar surface area (TPSA) is 9.23 Å². The Bertz CT molecular complexity index is 193. The molecule has 88 valence electrons. The summed E-state index contributed by atoms with van der Waals surface area (Å²) in [7, 11) is 0. The molecule has 0 bridgehead atoms. The third-order valence-corrected chi connectivity index (χ3v) is 4.53. The maximum Gasteiger partial charge on any atom is 0.0589 e. The van der Waals surface area contributed by atoms with E-state index in [4.69, 9.17) is 4.74 Å². The van der Waals surface area contributed by atoms with E-state index in [9.17, 15) is 0 Å². The van der Waals surface area contributed by atoms with E-state index in [1.807, 2.05) is 0 Å². The monoisotopic (exact) mass is 210 g/mol. The maximum atomic E-state index is 5.87. The van der Waals surface area contributed by atoms with Gasteiger partial charge in [-0.05, 0) is 63.7 Å². The van der Waals surface area contributed by atoms with Crippen LogP contribution in [0.1, 0.15) is 65.7 Å². The number of hydrogen-bond acceptors (Lipinski definition) is 1. The first kappa shape index (κ1) is 11.4. The lowest BCUT2D eigenvalue weighted by atomic mass is 9.57. The van der Waals surface area contributed by atoms with Gasteiger partial charge in [0.1, 0.15) is 0 Å². The van der Waals surface area contributed by atoms with Crippen LogP contribution in [0.4, 0.5) is 0 Å². The van der Waals surface area contributed by atoms with Gasteiger partial charge in [-0.3, -0.25) is 0 Å². The molecular formula is C14H26O. The van der Waals surface area contributed by atoms with Gasteiger partial charge in [0.05, 0.1) is 12.2 Å². The molecule has 2 aliphatic carbocycles. The molecule has 2 rings (SSSR count). The Morgan fingerprint density at radius 3 is 2.27 bits per heavy atom. The molecule has 2 fully saturated rings. The molecule has 0 aromatic carbocycles. The van der Waals surface area contributed by atoms with Crippen LogP contribution in [0.15, 0.2) is 0 Å². The lowest BCUT2D eigenvalue weighted by molar-refractivity contribution is -0.121. The average molecular weight is 210 g/mol. The van der Waals surface area contributed by atoms with Crippen molar-refractivity contribution in [1.29, 1.82) is 0 Å². The highest BCUT2D eigenvalue weighted by Gasteiger charge is 2.46. The van der Waals surface area contributed by atoms with Gasteiger partial charge < -0.3 is 4.74 Å². The quantitative estimate of drug-likeness (QED) is 0.679. The summed E-state index contributed by atoms with van der Waals surface area (Å²) in [5.74, 6) is 1.03. The smallest absolute Gasteiger partial charge is 0.0589 e. The molecule has 0 heterocycles. The Kier molecular flexibility index (Phi) is 3.39. The van der Waals surface area contributed by atoms with Gasteiger partial charge in [0, 0.05) is 0 Å². The van der Waals surface area contributed by atoms with E-state index in [0.29, 0.717) is 17.6 Å². The van der Waals surface area contributed by atoms with E-state index in [0.717, 1.165) is 5.92 Å². The van der Waals surface area contributed by atoms with Crippen molar-refractivity contribution in [2.24, 2.45) is 11.3 Å². The van der Waals surface area contributed by atoms with Gasteiger partial charge in [0.25, 0.3) is 0 Å². The van der Waals surface area contributed by atoms with Gasteiger partial charge in [0.2, 0.25) is 0 Å². The van der Waals surface area contributed by atoms with Gasteiger partial charge in [-0.1, -0.05) is 13.3 Å². The van der Waals surface area contributed by atoms with Crippen LogP contribution in [0.2, 0.25) is 0 Å². The Labute approximate surface area is 94.6 Å². The summed E-state index contributed by atoms with van der Waals surface area (Å²) < 4.78 is 5.87. The van der Waals surface area contributed by atoms with E-state index in [1.165, 1.54) is 44.9 Å². The molecule has 0 atom stereocenters. The molecule has 0 aromatic rings. The summed E-state index contributed by atoms with van der Waals surface area (Å²) in [4.78, 5) is 0. The molecule has 0 amide bonds. The zero-order chi connectivity index (χ0) is 10.9. The van der Waals surface area contributed by atoms with Crippen LogP contribution in [0.3, 0.4) is 0 Å². The van der Waals surface area contributed by atoms with Crippen molar-refractivity contribution in [1.82, 2.24) is 0 Å². The third-order valence-electron chi connectivity index (χ3n) is 4.53. The maximum absolute atomic E-state index is 5.87. The van der Waals surface area contributed by atoms with Gasteiger partial charge in [-0.15, -0.1) is 0 Å². The minimum absolute atomic E-state index is 0.416. The molecule has 0 unspecified atom stereocenters. The highest BCUT2D eigenvalue weighted by molar-refractivity contribution is 4.97. The zero-order valence-electron chi connectivity index (χ0n) is 10.6. The van der Waals surface area contributed by atoms with Crippen molar-refractivity contribution in [3.8, 4) is 0 Å². The van der Waals surface area contributed by atoms with Gasteiger partial charge in [0.15, 0.2) is 0 Å². The molecule has 1 nitrogen and oxygen atoms in total. The Morgan fingerprint density at radius 2 is 1.80 bits per heavy atom. The summed E-state index contributed by atoms with van der Waals surface area (Å²) in [6, 6.07) is 0. The van der Waals surface area contributed by atoms with Crippen LogP contribution >= 0.6 is 0 Å². The number of ether oxygens (including phenoxy) is 1. The summed E-state index contributed by atoms with van der Waals surface area (Å²) in [5.41, 5.74) is 0.714. The number of rotatable bonds is 3. The molecule has 0 saturated heterocycles. The number of hydrogen-bond donors (Lipinski definition) is 0. The van der Waals surface area contributed by atoms with Crippen molar-refractivity contribution >= 4 is 0 Å². The normalized spacial score (nSPS) is 40.8. The second kappa shape index (κ2) is 4.45. The lowest BCUT2D eigenvalue weighted by Crippen LogP contribution is -2.45. The fourth-order valence-electron chi connectivity index (χ4n) is 3.49. The lowest BCUT2D eigenvalue weighted by Gasteiger charge is -2.51. The van der Waals surface area contributed by atoms with E-state index in [2.05, 4.69) is 20.8 Å². The first-order valence-corrected chi connectivity index (χ1v) is 6.79. The minimum Gasteiger partial charge on any atom is -0.376 e. The molecule has 1 heteroatoms. The van der Waals surface area contributed by atoms with E-state index in [1.54, 1.807) is 0 Å². The van der Waals surface area contributed by atoms with Crippen molar-refractivity contribution in [3.05, 3.63) is 0 Å². The molecular weight excluding hydrogens is 184 g/mol. The molecule has 15 heavy (non-hydrogen) atoms. The Morgan fingerprint density at radius 1 is 1.20 bits per heavy atom. The summed E-state index contributed by atoms with van der Waals surface area (Å²) in [6.07, 6.45) is 11.0. The fourth-order valence-corrected chi connectivity index (χ4v) is 3.49. The predicted octanol–water partition coefficient (Wildman–Crippen LogP) is 4.16. The van der Waals surface area contributed by atoms with Crippen molar-refractivity contribution in [2.75, 3.05) is 0 Å². The van der Waals surface area contributed by atoms with Crippen LogP contribution < -0.4 is 0 Å². The third kappa shape index (κ3) is 2.55. The molecule has 1 spiro atoms. The molecule has 0 radical (unpaired) electrons. The van der Waals surface area contributed by atoms with Crippen LogP contribution in [0.5, 0.6) is 0 Å². The second-order valence-corrected chi connectivity index (χ2v) is 6.07. The molecule has 0 aliphatic heterocycles. The van der Waals surface area contributed by atoms with Gasteiger partial charge in [-0.25, -0.2) is 0 Å². The Balaban J connectivity index is 1.73. The molecule has 0 aromatic heterocycles. The van der Waals surface area contributed by atoms with Crippen molar-refractivity contribution in [2.45, 2.75) is 77.9 Å². The van der Waals surface area contributed by atoms with Crippen LogP contribution in [-0.2, 0) is 4.74 Å². The first-order chi connectivity index (χ1) is 7.13. The summed E-state index contributed by atoms with van der Waals surface area (Å²) in [6.45, 7) is 6.64. The van der Waals surface area contributed by atoms with Crippen LogP contribution in [-0.4, -0.2) is 12.2 Å². The predicted molar refractivity (Wildman–Crippen MR) is 63.9 cm³/mol. The Hall–Kier alpha value is -0.0400. The SMILES string of the molecule is CCC1CCC2(CC1)CC(OC(C)C)C2. The zero-order valence-corrected chi connectivity index (χ0v) is 10.6. The summed E-state index contributed by atoms with van der Waals surface area (Å²) in [5, 5.41) is 0. The van der Waals surface area contributed by atoms with Gasteiger partial charge in [-0.2, -0.15) is 0 Å². The van der Waals surface area contributed by atoms with Crippen LogP contribution in [0, 0.1) is 11.3 Å². The van der Waals surface area contributed by atoms with Crippen molar-refractivity contribution in [3.63, 3.8) is 0 Å². The highest BCUT2D eigenvalue weighted by Crippen LogP contribution is 2.54. The summed E-state index contributed by atoms with van der Waals surface area (Å²) >= 11 is 0. The second-order valence-electron chi connectivity index (χ2n) is 6.07. The standard InChI is InChI=1S/C14H26O/c1-4-12-5-7-14(8-6-12)9-13(10-14)15-11(2)3/h11-13H,4-10H2,1-3H3. The van der Waals surface area contributed by atoms with Crippen LogP contribution in [0.25, 0.3) is 0 Å². The molecule has 0 N–H and O–H groups in total. The first-order valence-electron chi connectivity index (χ1n) is 6.79. The van der Waals surface area contributed by atoms with Gasteiger partial charge >= 0.3 is 0 Å². The van der Waals surface area contributed by atoms with E-state index in [-0.39, 0.29) is 0 Å². The van der Waals surface area contributed by atoms with E-state index >= 15 is 0 Å². The van der Waals surface area contributed by atoms with E-state index < -0.39 is 0 Å². The average Bonchev–Trinajstić information content (AvgIpc) is 2.16. The highest BCUT2D eigenvalue weighted by atomic mass is 16.5. The van der Waals surface area contributed by atoms with Crippen molar-refractivity contribution < 1.29 is 4.74 Å².